The van der Waals surface area contributed by atoms with Crippen molar-refractivity contribution < 1.29 is 24.9 Å². The lowest BCUT2D eigenvalue weighted by Gasteiger charge is -2.22. The number of aliphatic carboxylic acids is 1. The van der Waals surface area contributed by atoms with Gasteiger partial charge in [0.25, 0.3) is 0 Å². The normalized spacial score (nSPS) is 25.2. The molecule has 1 saturated carbocycles. The minimum absolute atomic E-state index is 0.0457. The molecule has 1 rings (SSSR count). The van der Waals surface area contributed by atoms with E-state index in [1.54, 1.807) is 0 Å². The van der Waals surface area contributed by atoms with Crippen LogP contribution in [0, 0.1) is 0 Å². The molecule has 7 nitrogen and oxygen atoms in total. The van der Waals surface area contributed by atoms with Crippen molar-refractivity contribution in [1.82, 2.24) is 10.6 Å². The highest BCUT2D eigenvalue weighted by Gasteiger charge is 2.23. The van der Waals surface area contributed by atoms with Crippen LogP contribution in [-0.4, -0.2) is 52.1 Å². The summed E-state index contributed by atoms with van der Waals surface area (Å²) in [5.74, 6) is -1.30. The lowest BCUT2D eigenvalue weighted by molar-refractivity contribution is -0.146. The number of amides is 2. The Kier molecular flexibility index (Phi) is 6.58. The van der Waals surface area contributed by atoms with E-state index in [0.717, 1.165) is 25.7 Å². The van der Waals surface area contributed by atoms with Gasteiger partial charge in [0, 0.05) is 13.0 Å². The maximum Gasteiger partial charge on any atom is 0.332 e. The van der Waals surface area contributed by atoms with Crippen LogP contribution in [0.3, 0.4) is 0 Å². The second-order valence-electron chi connectivity index (χ2n) is 4.85. The lowest BCUT2D eigenvalue weighted by Crippen LogP contribution is -2.47. The van der Waals surface area contributed by atoms with Crippen molar-refractivity contribution in [2.75, 3.05) is 6.54 Å². The Labute approximate surface area is 112 Å². The number of urea groups is 1. The summed E-state index contributed by atoms with van der Waals surface area (Å²) in [4.78, 5) is 21.9. The molecule has 110 valence electrons. The molecule has 5 N–H and O–H groups in total. The lowest BCUT2D eigenvalue weighted by atomic mass is 10.1. The molecule has 0 heterocycles. The smallest absolute Gasteiger partial charge is 0.332 e. The first-order valence-electron chi connectivity index (χ1n) is 6.64. The fourth-order valence-corrected chi connectivity index (χ4v) is 2.12. The van der Waals surface area contributed by atoms with E-state index in [9.17, 15) is 14.7 Å². The predicted molar refractivity (Wildman–Crippen MR) is 67.7 cm³/mol. The topological polar surface area (TPSA) is 119 Å². The number of rotatable bonds is 5. The molecule has 1 aliphatic rings. The van der Waals surface area contributed by atoms with Gasteiger partial charge in [-0.1, -0.05) is 19.3 Å². The van der Waals surface area contributed by atoms with Crippen molar-refractivity contribution in [2.45, 2.75) is 56.8 Å². The number of carbonyl (C=O) groups is 2. The van der Waals surface area contributed by atoms with Crippen LogP contribution in [0.15, 0.2) is 0 Å². The SMILES string of the molecule is O=C(NCCC(O)C(=O)O)NC1CCCCCC1O. The van der Waals surface area contributed by atoms with Gasteiger partial charge in [-0.05, 0) is 12.8 Å². The number of carboxylic acid groups (broad SMARTS) is 1. The summed E-state index contributed by atoms with van der Waals surface area (Å²) >= 11 is 0. The molecule has 3 unspecified atom stereocenters. The molecule has 7 heteroatoms. The third-order valence-electron chi connectivity index (χ3n) is 3.28. The summed E-state index contributed by atoms with van der Waals surface area (Å²) < 4.78 is 0. The largest absolute Gasteiger partial charge is 0.479 e. The number of hydrogen-bond acceptors (Lipinski definition) is 4. The fraction of sp³-hybridized carbons (Fsp3) is 0.833. The third-order valence-corrected chi connectivity index (χ3v) is 3.28. The van der Waals surface area contributed by atoms with E-state index in [-0.39, 0.29) is 19.0 Å². The summed E-state index contributed by atoms with van der Waals surface area (Å²) in [6.45, 7) is 0.0715. The highest BCUT2D eigenvalue weighted by molar-refractivity contribution is 5.74. The van der Waals surface area contributed by atoms with Crippen LogP contribution in [0.5, 0.6) is 0 Å². The van der Waals surface area contributed by atoms with Gasteiger partial charge in [0.05, 0.1) is 12.1 Å². The average Bonchev–Trinajstić information content (AvgIpc) is 2.54. The zero-order valence-electron chi connectivity index (χ0n) is 10.8. The van der Waals surface area contributed by atoms with Gasteiger partial charge in [0.1, 0.15) is 0 Å². The molecule has 1 aliphatic carbocycles. The van der Waals surface area contributed by atoms with E-state index >= 15 is 0 Å². The van der Waals surface area contributed by atoms with Gasteiger partial charge in [-0.3, -0.25) is 0 Å². The van der Waals surface area contributed by atoms with Crippen molar-refractivity contribution in [1.29, 1.82) is 0 Å². The van der Waals surface area contributed by atoms with Crippen LogP contribution in [0.4, 0.5) is 4.79 Å². The molecule has 0 aliphatic heterocycles. The molecule has 0 spiro atoms. The number of carboxylic acids is 1. The number of hydrogen-bond donors (Lipinski definition) is 5. The molecule has 19 heavy (non-hydrogen) atoms. The van der Waals surface area contributed by atoms with Gasteiger partial charge in [-0.15, -0.1) is 0 Å². The van der Waals surface area contributed by atoms with E-state index in [4.69, 9.17) is 10.2 Å². The van der Waals surface area contributed by atoms with Crippen molar-refractivity contribution in [3.63, 3.8) is 0 Å². The summed E-state index contributed by atoms with van der Waals surface area (Å²) in [5.41, 5.74) is 0. The predicted octanol–water partition coefficient (Wildman–Crippen LogP) is -0.185. The molecule has 0 aromatic carbocycles. The fourth-order valence-electron chi connectivity index (χ4n) is 2.12. The first-order valence-corrected chi connectivity index (χ1v) is 6.64. The Bertz CT molecular complexity index is 310. The van der Waals surface area contributed by atoms with Crippen molar-refractivity contribution in [3.8, 4) is 0 Å². The molecular formula is C12H22N2O5. The van der Waals surface area contributed by atoms with Crippen molar-refractivity contribution >= 4 is 12.0 Å². The van der Waals surface area contributed by atoms with Crippen LogP contribution >= 0.6 is 0 Å². The van der Waals surface area contributed by atoms with Gasteiger partial charge < -0.3 is 26.0 Å². The Morgan fingerprint density at radius 1 is 1.21 bits per heavy atom. The summed E-state index contributed by atoms with van der Waals surface area (Å²) in [7, 11) is 0. The summed E-state index contributed by atoms with van der Waals surface area (Å²) in [5, 5.41) is 32.5. The van der Waals surface area contributed by atoms with E-state index < -0.39 is 24.2 Å². The van der Waals surface area contributed by atoms with Crippen molar-refractivity contribution in [3.05, 3.63) is 0 Å². The monoisotopic (exact) mass is 274 g/mol. The molecule has 0 aromatic heterocycles. The number of carbonyl (C=O) groups excluding carboxylic acids is 1. The van der Waals surface area contributed by atoms with Crippen LogP contribution in [0.1, 0.15) is 38.5 Å². The summed E-state index contributed by atoms with van der Waals surface area (Å²) in [6, 6.07) is -0.699. The van der Waals surface area contributed by atoms with Crippen LogP contribution < -0.4 is 10.6 Å². The van der Waals surface area contributed by atoms with Crippen LogP contribution in [-0.2, 0) is 4.79 Å². The molecule has 2 amide bonds. The van der Waals surface area contributed by atoms with Gasteiger partial charge in [0.2, 0.25) is 0 Å². The summed E-state index contributed by atoms with van der Waals surface area (Å²) in [6.07, 6.45) is 2.37. The molecule has 0 bridgehead atoms. The molecule has 0 radical (unpaired) electrons. The van der Waals surface area contributed by atoms with Crippen LogP contribution in [0.2, 0.25) is 0 Å². The maximum absolute atomic E-state index is 11.6. The quantitative estimate of drug-likeness (QED) is 0.445. The first kappa shape index (κ1) is 15.7. The highest BCUT2D eigenvalue weighted by Crippen LogP contribution is 2.17. The molecule has 3 atom stereocenters. The molecule has 1 fully saturated rings. The number of aliphatic hydroxyl groups excluding tert-OH is 2. The van der Waals surface area contributed by atoms with E-state index in [2.05, 4.69) is 10.6 Å². The minimum Gasteiger partial charge on any atom is -0.479 e. The second kappa shape index (κ2) is 7.96. The molecular weight excluding hydrogens is 252 g/mol. The molecule has 0 aromatic rings. The van der Waals surface area contributed by atoms with E-state index in [1.807, 2.05) is 0 Å². The van der Waals surface area contributed by atoms with E-state index in [1.165, 1.54) is 0 Å². The van der Waals surface area contributed by atoms with Gasteiger partial charge >= 0.3 is 12.0 Å². The Morgan fingerprint density at radius 3 is 2.58 bits per heavy atom. The number of nitrogens with one attached hydrogen (secondary N) is 2. The van der Waals surface area contributed by atoms with Crippen molar-refractivity contribution in [2.24, 2.45) is 0 Å². The average molecular weight is 274 g/mol. The van der Waals surface area contributed by atoms with Gasteiger partial charge in [-0.25, -0.2) is 9.59 Å². The first-order chi connectivity index (χ1) is 9.00. The number of aliphatic hydroxyl groups is 2. The zero-order chi connectivity index (χ0) is 14.3. The van der Waals surface area contributed by atoms with Gasteiger partial charge in [0.15, 0.2) is 6.10 Å². The van der Waals surface area contributed by atoms with E-state index in [0.29, 0.717) is 6.42 Å². The molecule has 0 saturated heterocycles. The minimum atomic E-state index is -1.47. The zero-order valence-corrected chi connectivity index (χ0v) is 10.8. The maximum atomic E-state index is 11.6. The highest BCUT2D eigenvalue weighted by atomic mass is 16.4. The van der Waals surface area contributed by atoms with Gasteiger partial charge in [-0.2, -0.15) is 0 Å². The third kappa shape index (κ3) is 5.89. The standard InChI is InChI=1S/C12H22N2O5/c15-9-5-3-1-2-4-8(9)14-12(19)13-7-6-10(16)11(17)18/h8-10,15-16H,1-7H2,(H,17,18)(H2,13,14,19). The van der Waals surface area contributed by atoms with Crippen LogP contribution in [0.25, 0.3) is 0 Å². The Balaban J connectivity index is 2.24. The Hall–Kier alpha value is -1.34. The Morgan fingerprint density at radius 2 is 1.89 bits per heavy atom. The second-order valence-corrected chi connectivity index (χ2v) is 4.85.